The molecule has 2 aliphatic rings. The van der Waals surface area contributed by atoms with Crippen LogP contribution in [0.25, 0.3) is 10.6 Å². The van der Waals surface area contributed by atoms with E-state index in [0.717, 1.165) is 41.9 Å². The molecule has 1 N–H and O–H groups in total. The van der Waals surface area contributed by atoms with Gasteiger partial charge in [-0.2, -0.15) is 0 Å². The number of aromatic nitrogens is 1. The number of likely N-dealkylation sites (tertiary alicyclic amines) is 1. The third-order valence-electron chi connectivity index (χ3n) is 6.34. The zero-order valence-electron chi connectivity index (χ0n) is 17.2. The number of hydrogen-bond donors (Lipinski definition) is 1. The van der Waals surface area contributed by atoms with Crippen LogP contribution in [-0.2, 0) is 0 Å². The van der Waals surface area contributed by atoms with E-state index in [9.17, 15) is 9.90 Å². The number of amides is 1. The molecule has 0 spiro atoms. The van der Waals surface area contributed by atoms with Crippen LogP contribution in [0.15, 0.2) is 18.2 Å². The third kappa shape index (κ3) is 3.73. The Labute approximate surface area is 175 Å². The normalized spacial score (nSPS) is 24.1. The molecule has 0 unspecified atom stereocenters. The Morgan fingerprint density at radius 2 is 2.03 bits per heavy atom. The van der Waals surface area contributed by atoms with Gasteiger partial charge in [0.25, 0.3) is 5.91 Å². The highest BCUT2D eigenvalue weighted by atomic mass is 32.1. The molecule has 2 atom stereocenters. The SMILES string of the molecule is COc1ccc(-c2nc(C)c(C(=O)N3CC[C@]4(O)CCCC[C@@H]4C3)s2)cc1OC. The molecule has 2 heterocycles. The van der Waals surface area contributed by atoms with Crippen LogP contribution in [0.1, 0.15) is 47.5 Å². The number of ether oxygens (including phenoxy) is 2. The fourth-order valence-corrected chi connectivity index (χ4v) is 5.62. The maximum Gasteiger partial charge on any atom is 0.265 e. The minimum Gasteiger partial charge on any atom is -0.493 e. The van der Waals surface area contributed by atoms with Crippen LogP contribution in [0, 0.1) is 12.8 Å². The first kappa shape index (κ1) is 20.2. The van der Waals surface area contributed by atoms with Crippen molar-refractivity contribution in [2.45, 2.75) is 44.6 Å². The van der Waals surface area contributed by atoms with Gasteiger partial charge in [-0.1, -0.05) is 12.8 Å². The molecular formula is C22H28N2O4S. The van der Waals surface area contributed by atoms with Crippen molar-refractivity contribution in [1.29, 1.82) is 0 Å². The van der Waals surface area contributed by atoms with Gasteiger partial charge in [0.2, 0.25) is 0 Å². The topological polar surface area (TPSA) is 71.9 Å². The van der Waals surface area contributed by atoms with Gasteiger partial charge in [0.15, 0.2) is 11.5 Å². The van der Waals surface area contributed by atoms with Crippen molar-refractivity contribution in [3.8, 4) is 22.1 Å². The fraction of sp³-hybridized carbons (Fsp3) is 0.545. The van der Waals surface area contributed by atoms with E-state index in [1.54, 1.807) is 14.2 Å². The summed E-state index contributed by atoms with van der Waals surface area (Å²) >= 11 is 1.41. The molecule has 1 amide bonds. The van der Waals surface area contributed by atoms with E-state index >= 15 is 0 Å². The van der Waals surface area contributed by atoms with Crippen molar-refractivity contribution in [3.63, 3.8) is 0 Å². The average molecular weight is 417 g/mol. The lowest BCUT2D eigenvalue weighted by atomic mass is 9.71. The number of nitrogens with zero attached hydrogens (tertiary/aromatic N) is 2. The van der Waals surface area contributed by atoms with Crippen molar-refractivity contribution in [2.75, 3.05) is 27.3 Å². The minimum atomic E-state index is -0.581. The zero-order chi connectivity index (χ0) is 20.6. The molecule has 4 rings (SSSR count). The summed E-state index contributed by atoms with van der Waals surface area (Å²) in [5, 5.41) is 11.7. The molecule has 1 aromatic heterocycles. The summed E-state index contributed by atoms with van der Waals surface area (Å²) in [5.74, 6) is 1.51. The molecule has 6 nitrogen and oxygen atoms in total. The summed E-state index contributed by atoms with van der Waals surface area (Å²) in [6.45, 7) is 3.13. The Bertz CT molecular complexity index is 912. The van der Waals surface area contributed by atoms with Crippen molar-refractivity contribution < 1.29 is 19.4 Å². The number of aliphatic hydroxyl groups is 1. The van der Waals surface area contributed by atoms with Crippen molar-refractivity contribution in [2.24, 2.45) is 5.92 Å². The lowest BCUT2D eigenvalue weighted by Crippen LogP contribution is -2.54. The average Bonchev–Trinajstić information content (AvgIpc) is 3.13. The van der Waals surface area contributed by atoms with E-state index in [1.165, 1.54) is 11.3 Å². The van der Waals surface area contributed by atoms with E-state index in [-0.39, 0.29) is 11.8 Å². The summed E-state index contributed by atoms with van der Waals surface area (Å²) in [7, 11) is 3.21. The van der Waals surface area contributed by atoms with Crippen LogP contribution in [0.3, 0.4) is 0 Å². The molecule has 29 heavy (non-hydrogen) atoms. The van der Waals surface area contributed by atoms with Crippen LogP contribution in [0.5, 0.6) is 11.5 Å². The predicted octanol–water partition coefficient (Wildman–Crippen LogP) is 3.90. The van der Waals surface area contributed by atoms with Gasteiger partial charge in [-0.15, -0.1) is 11.3 Å². The standard InChI is InChI=1S/C22H28N2O4S/c1-14-19(21(25)24-11-10-22(26)9-5-4-6-16(22)13-24)29-20(23-14)15-7-8-17(27-2)18(12-15)28-3/h7-8,12,16,26H,4-6,9-11,13H2,1-3H3/t16-,22-/m1/s1. The number of piperidine rings is 1. The highest BCUT2D eigenvalue weighted by Crippen LogP contribution is 2.41. The van der Waals surface area contributed by atoms with Gasteiger partial charge >= 0.3 is 0 Å². The summed E-state index contributed by atoms with van der Waals surface area (Å²) < 4.78 is 10.7. The second-order valence-corrected chi connectivity index (χ2v) is 9.05. The Kier molecular flexibility index (Phi) is 5.53. The van der Waals surface area contributed by atoms with Gasteiger partial charge in [0.1, 0.15) is 9.88 Å². The van der Waals surface area contributed by atoms with Crippen LogP contribution in [0.4, 0.5) is 0 Å². The maximum atomic E-state index is 13.2. The van der Waals surface area contributed by atoms with Gasteiger partial charge in [-0.05, 0) is 44.4 Å². The predicted molar refractivity (Wildman–Crippen MR) is 113 cm³/mol. The minimum absolute atomic E-state index is 0.0272. The van der Waals surface area contributed by atoms with E-state index in [4.69, 9.17) is 9.47 Å². The monoisotopic (exact) mass is 416 g/mol. The molecule has 1 aromatic carbocycles. The Morgan fingerprint density at radius 3 is 2.79 bits per heavy atom. The second kappa shape index (κ2) is 7.95. The molecule has 2 fully saturated rings. The number of carbonyl (C=O) groups excluding carboxylic acids is 1. The van der Waals surface area contributed by atoms with E-state index < -0.39 is 5.60 Å². The second-order valence-electron chi connectivity index (χ2n) is 8.05. The van der Waals surface area contributed by atoms with Crippen LogP contribution < -0.4 is 9.47 Å². The van der Waals surface area contributed by atoms with Gasteiger partial charge in [-0.3, -0.25) is 4.79 Å². The van der Waals surface area contributed by atoms with Gasteiger partial charge < -0.3 is 19.5 Å². The number of methoxy groups -OCH3 is 2. The maximum absolute atomic E-state index is 13.2. The van der Waals surface area contributed by atoms with Crippen LogP contribution >= 0.6 is 11.3 Å². The summed E-state index contributed by atoms with van der Waals surface area (Å²) in [6.07, 6.45) is 4.76. The molecular weight excluding hydrogens is 388 g/mol. The molecule has 1 saturated heterocycles. The van der Waals surface area contributed by atoms with E-state index in [2.05, 4.69) is 4.98 Å². The van der Waals surface area contributed by atoms with Crippen molar-refractivity contribution >= 4 is 17.2 Å². The number of rotatable bonds is 4. The molecule has 7 heteroatoms. The Morgan fingerprint density at radius 1 is 1.24 bits per heavy atom. The molecule has 0 radical (unpaired) electrons. The lowest BCUT2D eigenvalue weighted by molar-refractivity contribution is -0.0885. The first-order valence-electron chi connectivity index (χ1n) is 10.2. The number of benzene rings is 1. The number of fused-ring (bicyclic) bond motifs is 1. The summed E-state index contributed by atoms with van der Waals surface area (Å²) in [5.41, 5.74) is 1.06. The Hall–Kier alpha value is -2.12. The van der Waals surface area contributed by atoms with Gasteiger partial charge in [0, 0.05) is 24.6 Å². The molecule has 156 valence electrons. The quantitative estimate of drug-likeness (QED) is 0.818. The highest BCUT2D eigenvalue weighted by Gasteiger charge is 2.44. The number of aryl methyl sites for hydroxylation is 1. The molecule has 1 aliphatic carbocycles. The first-order chi connectivity index (χ1) is 13.9. The molecule has 0 bridgehead atoms. The summed E-state index contributed by atoms with van der Waals surface area (Å²) in [6, 6.07) is 5.66. The molecule has 2 aromatic rings. The smallest absolute Gasteiger partial charge is 0.265 e. The zero-order valence-corrected chi connectivity index (χ0v) is 18.1. The van der Waals surface area contributed by atoms with E-state index in [0.29, 0.717) is 35.9 Å². The number of carbonyl (C=O) groups is 1. The summed E-state index contributed by atoms with van der Waals surface area (Å²) in [4.78, 5) is 20.5. The highest BCUT2D eigenvalue weighted by molar-refractivity contribution is 7.17. The number of thiazole rings is 1. The van der Waals surface area contributed by atoms with Crippen molar-refractivity contribution in [3.05, 3.63) is 28.8 Å². The lowest BCUT2D eigenvalue weighted by Gasteiger charge is -2.47. The van der Waals surface area contributed by atoms with Crippen LogP contribution in [0.2, 0.25) is 0 Å². The molecule has 1 saturated carbocycles. The van der Waals surface area contributed by atoms with Gasteiger partial charge in [0.05, 0.1) is 25.5 Å². The van der Waals surface area contributed by atoms with Crippen LogP contribution in [-0.4, -0.2) is 53.8 Å². The fourth-order valence-electron chi connectivity index (χ4n) is 4.59. The molecule has 1 aliphatic heterocycles. The van der Waals surface area contributed by atoms with Gasteiger partial charge in [-0.25, -0.2) is 4.98 Å². The first-order valence-corrected chi connectivity index (χ1v) is 11.0. The largest absolute Gasteiger partial charge is 0.493 e. The van der Waals surface area contributed by atoms with Crippen molar-refractivity contribution in [1.82, 2.24) is 9.88 Å². The number of hydrogen-bond acceptors (Lipinski definition) is 6. The Balaban J connectivity index is 1.56. The van der Waals surface area contributed by atoms with E-state index in [1.807, 2.05) is 30.0 Å². The third-order valence-corrected chi connectivity index (χ3v) is 7.53.